The number of fused-ring (bicyclic) bond motifs is 1. The first-order valence-electron chi connectivity index (χ1n) is 11.1. The molecular weight excluding hydrogens is 446 g/mol. The number of rotatable bonds is 3. The summed E-state index contributed by atoms with van der Waals surface area (Å²) in [5.74, 6) is -0.241. The van der Waals surface area contributed by atoms with Crippen LogP contribution in [0.5, 0.6) is 5.75 Å². The van der Waals surface area contributed by atoms with E-state index in [9.17, 15) is 14.4 Å². The van der Waals surface area contributed by atoms with Gasteiger partial charge in [-0.1, -0.05) is 11.6 Å². The van der Waals surface area contributed by atoms with Gasteiger partial charge in [0.1, 0.15) is 12.4 Å². The maximum atomic E-state index is 12.9. The van der Waals surface area contributed by atoms with E-state index in [-0.39, 0.29) is 43.3 Å². The van der Waals surface area contributed by atoms with Gasteiger partial charge in [0.05, 0.1) is 18.2 Å². The summed E-state index contributed by atoms with van der Waals surface area (Å²) < 4.78 is 7.56. The zero-order valence-corrected chi connectivity index (χ0v) is 19.7. The number of carbonyl (C=O) groups is 3. The van der Waals surface area contributed by atoms with Crippen LogP contribution in [0.1, 0.15) is 42.2 Å². The molecule has 0 unspecified atom stereocenters. The molecule has 0 fully saturated rings. The largest absolute Gasteiger partial charge is 0.491 e. The molecule has 0 aliphatic carbocycles. The van der Waals surface area contributed by atoms with E-state index in [1.165, 1.54) is 0 Å². The number of ether oxygens (including phenoxy) is 1. The van der Waals surface area contributed by atoms with Crippen molar-refractivity contribution >= 4 is 29.3 Å². The molecule has 2 aromatic rings. The summed E-state index contributed by atoms with van der Waals surface area (Å²) in [5.41, 5.74) is 1.33. The number of nitrogens with zero attached hydrogens (tertiary/aromatic N) is 3. The predicted molar refractivity (Wildman–Crippen MR) is 124 cm³/mol. The molecule has 2 N–H and O–H groups in total. The highest BCUT2D eigenvalue weighted by atomic mass is 35.5. The molecule has 1 aliphatic rings. The normalized spacial score (nSPS) is 18.3. The number of hydrogen-bond acceptors (Lipinski definition) is 5. The van der Waals surface area contributed by atoms with Crippen LogP contribution in [-0.4, -0.2) is 64.7 Å². The highest BCUT2D eigenvalue weighted by Crippen LogP contribution is 2.23. The molecule has 0 radical (unpaired) electrons. The van der Waals surface area contributed by atoms with Gasteiger partial charge in [-0.15, -0.1) is 0 Å². The number of hydrogen-bond donors (Lipinski definition) is 2. The second-order valence-corrected chi connectivity index (χ2v) is 8.58. The van der Waals surface area contributed by atoms with Crippen molar-refractivity contribution in [1.29, 1.82) is 0 Å². The minimum atomic E-state index is -0.321. The van der Waals surface area contributed by atoms with E-state index >= 15 is 0 Å². The Morgan fingerprint density at radius 1 is 1.27 bits per heavy atom. The van der Waals surface area contributed by atoms with Gasteiger partial charge in [0, 0.05) is 43.0 Å². The molecule has 3 amide bonds. The maximum absolute atomic E-state index is 12.9. The van der Waals surface area contributed by atoms with E-state index in [0.717, 1.165) is 5.69 Å². The summed E-state index contributed by atoms with van der Waals surface area (Å²) in [6, 6.07) is 6.42. The molecule has 9 nitrogen and oxygen atoms in total. The van der Waals surface area contributed by atoms with Crippen LogP contribution in [0.2, 0.25) is 5.02 Å². The number of aryl methyl sites for hydroxylation is 2. The number of nitrogens with one attached hydrogen (secondary N) is 2. The minimum absolute atomic E-state index is 0.0280. The Labute approximate surface area is 198 Å². The van der Waals surface area contributed by atoms with Gasteiger partial charge < -0.3 is 20.3 Å². The second kappa shape index (κ2) is 11.7. The molecule has 2 heterocycles. The zero-order chi connectivity index (χ0) is 23.8. The molecule has 1 aromatic heterocycles. The second-order valence-electron chi connectivity index (χ2n) is 8.14. The zero-order valence-electron chi connectivity index (χ0n) is 19.0. The van der Waals surface area contributed by atoms with Gasteiger partial charge in [-0.25, -0.2) is 0 Å². The Bertz CT molecular complexity index is 993. The molecule has 1 aromatic carbocycles. The van der Waals surface area contributed by atoms with E-state index in [1.54, 1.807) is 40.9 Å². The molecule has 178 valence electrons. The quantitative estimate of drug-likeness (QED) is 0.707. The number of amides is 3. The number of halogens is 1. The van der Waals surface area contributed by atoms with Crippen LogP contribution >= 0.6 is 11.6 Å². The molecule has 0 saturated heterocycles. The van der Waals surface area contributed by atoms with Crippen molar-refractivity contribution in [3.63, 3.8) is 0 Å². The Morgan fingerprint density at radius 2 is 2.09 bits per heavy atom. The van der Waals surface area contributed by atoms with Crippen LogP contribution in [0.25, 0.3) is 0 Å². The van der Waals surface area contributed by atoms with Gasteiger partial charge in [0.2, 0.25) is 11.8 Å². The third kappa shape index (κ3) is 7.21. The molecular formula is C23H30ClN5O4. The van der Waals surface area contributed by atoms with Gasteiger partial charge >= 0.3 is 0 Å². The van der Waals surface area contributed by atoms with Gasteiger partial charge in [-0.2, -0.15) is 5.10 Å². The van der Waals surface area contributed by atoms with Crippen molar-refractivity contribution in [2.75, 3.05) is 26.2 Å². The smallest absolute Gasteiger partial charge is 0.255 e. The summed E-state index contributed by atoms with van der Waals surface area (Å²) >= 11 is 6.06. The fourth-order valence-corrected chi connectivity index (χ4v) is 3.74. The summed E-state index contributed by atoms with van der Waals surface area (Å²) in [6.07, 6.45) is 3.25. The standard InChI is InChI=1S/C23H30ClN5O4/c1-16-15-33-20-6-5-18(24)13-19(20)23(32)25-9-3-4-11-28(14-21(30)27-16)22(31)8-12-29-17(2)7-10-26-29/h5-7,10,13,16H,3-4,8-9,11-12,14-15H2,1-2H3,(H,25,32)(H,27,30)/t16-/m1/s1. The number of benzene rings is 1. The molecule has 1 aliphatic heterocycles. The summed E-state index contributed by atoms with van der Waals surface area (Å²) in [7, 11) is 0. The fourth-order valence-electron chi connectivity index (χ4n) is 3.57. The first kappa shape index (κ1) is 24.6. The Kier molecular flexibility index (Phi) is 8.71. The first-order chi connectivity index (χ1) is 15.8. The lowest BCUT2D eigenvalue weighted by Crippen LogP contribution is -2.45. The van der Waals surface area contributed by atoms with E-state index in [2.05, 4.69) is 15.7 Å². The van der Waals surface area contributed by atoms with Gasteiger partial charge in [0.15, 0.2) is 0 Å². The minimum Gasteiger partial charge on any atom is -0.491 e. The lowest BCUT2D eigenvalue weighted by Gasteiger charge is -2.23. The topological polar surface area (TPSA) is 106 Å². The fraction of sp³-hybridized carbons (Fsp3) is 0.478. The predicted octanol–water partition coefficient (Wildman–Crippen LogP) is 2.17. The molecule has 0 spiro atoms. The lowest BCUT2D eigenvalue weighted by molar-refractivity contribution is -0.136. The van der Waals surface area contributed by atoms with Crippen molar-refractivity contribution in [2.45, 2.75) is 45.7 Å². The lowest BCUT2D eigenvalue weighted by atomic mass is 10.2. The van der Waals surface area contributed by atoms with E-state index in [0.29, 0.717) is 48.8 Å². The first-order valence-corrected chi connectivity index (χ1v) is 11.5. The van der Waals surface area contributed by atoms with Crippen molar-refractivity contribution in [2.24, 2.45) is 0 Å². The van der Waals surface area contributed by atoms with Crippen LogP contribution in [-0.2, 0) is 16.1 Å². The number of aromatic nitrogens is 2. The number of carbonyl (C=O) groups excluding carboxylic acids is 3. The summed E-state index contributed by atoms with van der Waals surface area (Å²) in [6.45, 7) is 5.18. The highest BCUT2D eigenvalue weighted by molar-refractivity contribution is 6.31. The molecule has 1 atom stereocenters. The highest BCUT2D eigenvalue weighted by Gasteiger charge is 2.20. The average Bonchev–Trinajstić information content (AvgIpc) is 3.19. The molecule has 0 bridgehead atoms. The van der Waals surface area contributed by atoms with Crippen molar-refractivity contribution in [3.05, 3.63) is 46.7 Å². The Balaban J connectivity index is 1.66. The van der Waals surface area contributed by atoms with Crippen molar-refractivity contribution in [3.8, 4) is 5.75 Å². The molecule has 3 rings (SSSR count). The average molecular weight is 476 g/mol. The Morgan fingerprint density at radius 3 is 2.85 bits per heavy atom. The van der Waals surface area contributed by atoms with E-state index < -0.39 is 0 Å². The van der Waals surface area contributed by atoms with Crippen molar-refractivity contribution in [1.82, 2.24) is 25.3 Å². The third-order valence-electron chi connectivity index (χ3n) is 5.38. The summed E-state index contributed by atoms with van der Waals surface area (Å²) in [4.78, 5) is 39.7. The Hall–Kier alpha value is -3.07. The van der Waals surface area contributed by atoms with Crippen LogP contribution in [0.3, 0.4) is 0 Å². The summed E-state index contributed by atoms with van der Waals surface area (Å²) in [5, 5.41) is 10.4. The van der Waals surface area contributed by atoms with E-state index in [1.807, 2.05) is 13.0 Å². The SMILES string of the molecule is Cc1ccnn1CCC(=O)N1CCCCNC(=O)c2cc(Cl)ccc2OC[C@@H](C)NC(=O)C1. The monoisotopic (exact) mass is 475 g/mol. The van der Waals surface area contributed by atoms with Crippen LogP contribution in [0.15, 0.2) is 30.5 Å². The molecule has 33 heavy (non-hydrogen) atoms. The van der Waals surface area contributed by atoms with Crippen LogP contribution in [0.4, 0.5) is 0 Å². The maximum Gasteiger partial charge on any atom is 0.255 e. The van der Waals surface area contributed by atoms with Crippen LogP contribution in [0, 0.1) is 6.92 Å². The van der Waals surface area contributed by atoms with Gasteiger partial charge in [-0.3, -0.25) is 19.1 Å². The van der Waals surface area contributed by atoms with Gasteiger partial charge in [-0.05, 0) is 51.0 Å². The van der Waals surface area contributed by atoms with Crippen molar-refractivity contribution < 1.29 is 19.1 Å². The third-order valence-corrected chi connectivity index (χ3v) is 5.61. The molecule has 10 heteroatoms. The van der Waals surface area contributed by atoms with E-state index in [4.69, 9.17) is 16.3 Å². The van der Waals surface area contributed by atoms with Gasteiger partial charge in [0.25, 0.3) is 5.91 Å². The molecule has 0 saturated carbocycles. The van der Waals surface area contributed by atoms with Crippen LogP contribution < -0.4 is 15.4 Å².